The average Bonchev–Trinajstić information content (AvgIpc) is 2.28. The Labute approximate surface area is 113 Å². The van der Waals surface area contributed by atoms with E-state index in [1.807, 2.05) is 0 Å². The second-order valence-corrected chi connectivity index (χ2v) is 4.55. The molecule has 0 saturated carbocycles. The number of nitrogens with one attached hydrogen (secondary N) is 1. The molecule has 0 aliphatic heterocycles. The summed E-state index contributed by atoms with van der Waals surface area (Å²) in [7, 11) is 1.62. The van der Waals surface area contributed by atoms with Gasteiger partial charge in [0.15, 0.2) is 0 Å². The molecule has 0 aromatic heterocycles. The minimum atomic E-state index is -1.05. The molecule has 6 heteroatoms. The van der Waals surface area contributed by atoms with E-state index in [2.05, 4.69) is 27.8 Å². The van der Waals surface area contributed by atoms with Crippen molar-refractivity contribution in [3.05, 3.63) is 40.9 Å². The third-order valence-electron chi connectivity index (χ3n) is 2.15. The molecule has 2 amide bonds. The van der Waals surface area contributed by atoms with Crippen molar-refractivity contribution in [1.29, 1.82) is 0 Å². The first-order chi connectivity index (χ1) is 8.43. The number of carbonyl (C=O) groups excluding carboxylic acids is 1. The van der Waals surface area contributed by atoms with Crippen LogP contribution in [0.15, 0.2) is 35.3 Å². The van der Waals surface area contributed by atoms with Crippen LogP contribution in [0.3, 0.4) is 0 Å². The van der Waals surface area contributed by atoms with Crippen molar-refractivity contribution in [2.45, 2.75) is 0 Å². The van der Waals surface area contributed by atoms with Crippen LogP contribution in [-0.4, -0.2) is 35.6 Å². The summed E-state index contributed by atoms with van der Waals surface area (Å²) >= 11 is 3.19. The third-order valence-corrected chi connectivity index (χ3v) is 2.60. The minimum Gasteiger partial charge on any atom is -0.478 e. The van der Waals surface area contributed by atoms with Crippen LogP contribution in [0.1, 0.15) is 10.4 Å². The first kappa shape index (κ1) is 14.2. The van der Waals surface area contributed by atoms with Gasteiger partial charge in [-0.15, -0.1) is 6.58 Å². The van der Waals surface area contributed by atoms with E-state index in [0.717, 1.165) is 0 Å². The molecule has 0 unspecified atom stereocenters. The van der Waals surface area contributed by atoms with Gasteiger partial charge >= 0.3 is 12.0 Å². The quantitative estimate of drug-likeness (QED) is 0.840. The monoisotopic (exact) mass is 312 g/mol. The van der Waals surface area contributed by atoms with Gasteiger partial charge < -0.3 is 15.3 Å². The number of aromatic carboxylic acids is 1. The molecule has 1 aromatic rings. The predicted octanol–water partition coefficient (Wildman–Crippen LogP) is 2.80. The zero-order chi connectivity index (χ0) is 13.7. The largest absolute Gasteiger partial charge is 0.478 e. The lowest BCUT2D eigenvalue weighted by Gasteiger charge is -2.16. The van der Waals surface area contributed by atoms with E-state index in [4.69, 9.17) is 5.11 Å². The number of anilines is 1. The van der Waals surface area contributed by atoms with E-state index in [1.54, 1.807) is 19.2 Å². The maximum atomic E-state index is 11.7. The van der Waals surface area contributed by atoms with E-state index in [-0.39, 0.29) is 11.6 Å². The number of likely N-dealkylation sites (N-methyl/N-ethyl adjacent to an activating group) is 1. The molecule has 96 valence electrons. The van der Waals surface area contributed by atoms with Crippen LogP contribution in [0.2, 0.25) is 0 Å². The summed E-state index contributed by atoms with van der Waals surface area (Å²) in [5.74, 6) is -1.05. The van der Waals surface area contributed by atoms with Crippen molar-refractivity contribution < 1.29 is 14.7 Å². The van der Waals surface area contributed by atoms with Gasteiger partial charge in [-0.3, -0.25) is 0 Å². The molecule has 18 heavy (non-hydrogen) atoms. The molecular weight excluding hydrogens is 300 g/mol. The maximum absolute atomic E-state index is 11.7. The SMILES string of the molecule is C=CCN(C)C(=O)Nc1cc(Br)cc(C(=O)O)c1. The molecule has 0 aliphatic rings. The first-order valence-electron chi connectivity index (χ1n) is 5.11. The highest BCUT2D eigenvalue weighted by atomic mass is 79.9. The average molecular weight is 313 g/mol. The standard InChI is InChI=1S/C12H13BrN2O3/c1-3-4-15(2)12(18)14-10-6-8(11(16)17)5-9(13)7-10/h3,5-7H,1,4H2,2H3,(H,14,18)(H,16,17). The fourth-order valence-electron chi connectivity index (χ4n) is 1.28. The number of amides is 2. The van der Waals surface area contributed by atoms with Gasteiger partial charge in [0.1, 0.15) is 0 Å². The Bertz CT molecular complexity index is 488. The Balaban J connectivity index is 2.87. The van der Waals surface area contributed by atoms with Gasteiger partial charge in [-0.05, 0) is 18.2 Å². The Morgan fingerprint density at radius 2 is 2.17 bits per heavy atom. The molecule has 0 spiro atoms. The summed E-state index contributed by atoms with van der Waals surface area (Å²) in [6.45, 7) is 3.94. The number of hydrogen-bond acceptors (Lipinski definition) is 2. The molecular formula is C12H13BrN2O3. The highest BCUT2D eigenvalue weighted by Crippen LogP contribution is 2.20. The van der Waals surface area contributed by atoms with Crippen molar-refractivity contribution in [2.75, 3.05) is 18.9 Å². The van der Waals surface area contributed by atoms with Crippen LogP contribution < -0.4 is 5.32 Å². The number of hydrogen-bond donors (Lipinski definition) is 2. The fourth-order valence-corrected chi connectivity index (χ4v) is 1.77. The predicted molar refractivity (Wildman–Crippen MR) is 72.9 cm³/mol. The van der Waals surface area contributed by atoms with Gasteiger partial charge in [-0.25, -0.2) is 9.59 Å². The Kier molecular flexibility index (Phi) is 4.91. The minimum absolute atomic E-state index is 0.103. The summed E-state index contributed by atoms with van der Waals surface area (Å²) in [5, 5.41) is 11.5. The Hall–Kier alpha value is -1.82. The lowest BCUT2D eigenvalue weighted by atomic mass is 10.2. The van der Waals surface area contributed by atoms with E-state index in [0.29, 0.717) is 16.7 Å². The molecule has 2 N–H and O–H groups in total. The molecule has 1 aromatic carbocycles. The van der Waals surface area contributed by atoms with Crippen LogP contribution in [-0.2, 0) is 0 Å². The number of carbonyl (C=O) groups is 2. The number of halogens is 1. The van der Waals surface area contributed by atoms with Gasteiger partial charge in [0.25, 0.3) is 0 Å². The molecule has 1 rings (SSSR count). The van der Waals surface area contributed by atoms with Crippen LogP contribution in [0.4, 0.5) is 10.5 Å². The lowest BCUT2D eigenvalue weighted by Crippen LogP contribution is -2.31. The number of carboxylic acids is 1. The van der Waals surface area contributed by atoms with Crippen molar-refractivity contribution >= 4 is 33.6 Å². The Morgan fingerprint density at radius 3 is 2.72 bits per heavy atom. The fraction of sp³-hybridized carbons (Fsp3) is 0.167. The van der Waals surface area contributed by atoms with Gasteiger partial charge in [-0.1, -0.05) is 22.0 Å². The summed E-state index contributed by atoms with van der Waals surface area (Å²) in [6.07, 6.45) is 1.60. The summed E-state index contributed by atoms with van der Waals surface area (Å²) in [4.78, 5) is 24.0. The van der Waals surface area contributed by atoms with Crippen LogP contribution in [0, 0.1) is 0 Å². The van der Waals surface area contributed by atoms with Crippen LogP contribution >= 0.6 is 15.9 Å². The number of benzene rings is 1. The van der Waals surface area contributed by atoms with Crippen molar-refractivity contribution in [2.24, 2.45) is 0 Å². The number of nitrogens with zero attached hydrogens (tertiary/aromatic N) is 1. The topological polar surface area (TPSA) is 69.6 Å². The van der Waals surface area contributed by atoms with E-state index >= 15 is 0 Å². The highest BCUT2D eigenvalue weighted by molar-refractivity contribution is 9.10. The summed E-state index contributed by atoms with van der Waals surface area (Å²) < 4.78 is 0.587. The van der Waals surface area contributed by atoms with E-state index < -0.39 is 5.97 Å². The summed E-state index contributed by atoms with van der Waals surface area (Å²) in [6, 6.07) is 4.16. The number of urea groups is 1. The van der Waals surface area contributed by atoms with Crippen molar-refractivity contribution in [3.63, 3.8) is 0 Å². The lowest BCUT2D eigenvalue weighted by molar-refractivity contribution is 0.0697. The molecule has 0 saturated heterocycles. The zero-order valence-corrected chi connectivity index (χ0v) is 11.4. The number of rotatable bonds is 4. The normalized spacial score (nSPS) is 9.67. The van der Waals surface area contributed by atoms with Gasteiger partial charge in [-0.2, -0.15) is 0 Å². The molecule has 0 aliphatic carbocycles. The zero-order valence-electron chi connectivity index (χ0n) is 9.81. The van der Waals surface area contributed by atoms with Crippen LogP contribution in [0.25, 0.3) is 0 Å². The highest BCUT2D eigenvalue weighted by Gasteiger charge is 2.10. The van der Waals surface area contributed by atoms with E-state index in [9.17, 15) is 9.59 Å². The molecule has 0 fully saturated rings. The summed E-state index contributed by atoms with van der Waals surface area (Å²) in [5.41, 5.74) is 0.522. The maximum Gasteiger partial charge on any atom is 0.335 e. The second kappa shape index (κ2) is 6.20. The van der Waals surface area contributed by atoms with Gasteiger partial charge in [0.05, 0.1) is 5.56 Å². The third kappa shape index (κ3) is 3.89. The molecule has 0 heterocycles. The Morgan fingerprint density at radius 1 is 1.50 bits per heavy atom. The smallest absolute Gasteiger partial charge is 0.335 e. The second-order valence-electron chi connectivity index (χ2n) is 3.63. The van der Waals surface area contributed by atoms with Crippen LogP contribution in [0.5, 0.6) is 0 Å². The van der Waals surface area contributed by atoms with E-state index in [1.165, 1.54) is 17.0 Å². The first-order valence-corrected chi connectivity index (χ1v) is 5.90. The van der Waals surface area contributed by atoms with Gasteiger partial charge in [0, 0.05) is 23.8 Å². The molecule has 0 radical (unpaired) electrons. The molecule has 0 bridgehead atoms. The molecule has 0 atom stereocenters. The number of carboxylic acid groups (broad SMARTS) is 1. The van der Waals surface area contributed by atoms with Crippen molar-refractivity contribution in [3.8, 4) is 0 Å². The molecule has 5 nitrogen and oxygen atoms in total. The van der Waals surface area contributed by atoms with Crippen molar-refractivity contribution in [1.82, 2.24) is 4.90 Å². The van der Waals surface area contributed by atoms with Gasteiger partial charge in [0.2, 0.25) is 0 Å².